The smallest absolute Gasteiger partial charge is 0.146 e. The van der Waals surface area contributed by atoms with Crippen molar-refractivity contribution in [1.29, 1.82) is 0 Å². The number of aromatic nitrogens is 2. The average Bonchev–Trinajstić information content (AvgIpc) is 3.30. The molecule has 0 aliphatic carbocycles. The number of thiophene rings is 1. The Morgan fingerprint density at radius 1 is 0.933 bits per heavy atom. The van der Waals surface area contributed by atoms with Gasteiger partial charge in [0.25, 0.3) is 0 Å². The second-order valence-corrected chi connectivity index (χ2v) is 10.1. The number of hydrogen-bond acceptors (Lipinski definition) is 5. The second-order valence-electron chi connectivity index (χ2n) is 7.68. The molecule has 1 N–H and O–H groups in total. The summed E-state index contributed by atoms with van der Waals surface area (Å²) in [6.07, 6.45) is 0. The van der Waals surface area contributed by atoms with Crippen LogP contribution in [0.4, 0.5) is 0 Å². The van der Waals surface area contributed by atoms with Gasteiger partial charge < -0.3 is 5.11 Å². The number of pyridine rings is 1. The first-order chi connectivity index (χ1) is 14.4. The fraction of sp³-hybridized carbons (Fsp3) is 0.167. The molecule has 0 atom stereocenters. The van der Waals surface area contributed by atoms with Crippen molar-refractivity contribution in [3.8, 4) is 27.4 Å². The van der Waals surface area contributed by atoms with E-state index >= 15 is 0 Å². The molecule has 0 saturated carbocycles. The molecule has 0 bridgehead atoms. The highest BCUT2D eigenvalue weighted by Crippen LogP contribution is 2.45. The van der Waals surface area contributed by atoms with E-state index in [-0.39, 0.29) is 5.75 Å². The average molecular weight is 451 g/mol. The van der Waals surface area contributed by atoms with E-state index in [0.717, 1.165) is 47.8 Å². The van der Waals surface area contributed by atoms with E-state index in [4.69, 9.17) is 21.6 Å². The minimum atomic E-state index is 0.234. The van der Waals surface area contributed by atoms with Crippen LogP contribution < -0.4 is 0 Å². The molecule has 0 amide bonds. The van der Waals surface area contributed by atoms with Crippen LogP contribution in [-0.4, -0.2) is 15.1 Å². The molecule has 3 aromatic heterocycles. The standard InChI is InChI=1S/C24H19ClN2OS2/c1-12(2)19-11-16-20(14-6-4-5-7-17(14)25)21-24(27-23(16)29-19)30-22(26-21)15-9-8-13(3)10-18(15)28/h4-12,28H,1-3H3. The molecular formula is C24H19ClN2OS2. The molecule has 0 radical (unpaired) electrons. The quantitative estimate of drug-likeness (QED) is 0.302. The minimum Gasteiger partial charge on any atom is -0.507 e. The highest BCUT2D eigenvalue weighted by molar-refractivity contribution is 7.22. The van der Waals surface area contributed by atoms with E-state index in [1.807, 2.05) is 43.3 Å². The van der Waals surface area contributed by atoms with E-state index in [0.29, 0.717) is 10.9 Å². The van der Waals surface area contributed by atoms with Crippen molar-refractivity contribution in [2.24, 2.45) is 0 Å². The summed E-state index contributed by atoms with van der Waals surface area (Å²) in [6, 6.07) is 15.7. The zero-order valence-corrected chi connectivity index (χ0v) is 19.1. The molecule has 0 saturated heterocycles. The van der Waals surface area contributed by atoms with Crippen molar-refractivity contribution in [2.45, 2.75) is 26.7 Å². The van der Waals surface area contributed by atoms with Gasteiger partial charge in [0, 0.05) is 26.4 Å². The molecule has 3 heterocycles. The topological polar surface area (TPSA) is 46.0 Å². The fourth-order valence-electron chi connectivity index (χ4n) is 3.59. The molecule has 0 unspecified atom stereocenters. The van der Waals surface area contributed by atoms with Crippen LogP contribution in [0.5, 0.6) is 5.75 Å². The van der Waals surface area contributed by atoms with Crippen LogP contribution in [0.25, 0.3) is 42.3 Å². The van der Waals surface area contributed by atoms with Crippen LogP contribution in [0.2, 0.25) is 5.02 Å². The maximum Gasteiger partial charge on any atom is 0.146 e. The zero-order chi connectivity index (χ0) is 21.0. The summed E-state index contributed by atoms with van der Waals surface area (Å²) in [4.78, 5) is 13.0. The number of rotatable bonds is 3. The molecule has 6 heteroatoms. The number of phenols is 1. The van der Waals surface area contributed by atoms with Gasteiger partial charge in [-0.1, -0.05) is 61.1 Å². The maximum atomic E-state index is 10.5. The lowest BCUT2D eigenvalue weighted by Crippen LogP contribution is -1.86. The molecule has 5 rings (SSSR count). The Morgan fingerprint density at radius 2 is 1.73 bits per heavy atom. The molecule has 2 aromatic carbocycles. The number of phenolic OH excluding ortho intramolecular Hbond substituents is 1. The first-order valence-corrected chi connectivity index (χ1v) is 11.7. The third-order valence-corrected chi connectivity index (χ3v) is 7.79. The van der Waals surface area contributed by atoms with Gasteiger partial charge in [0.1, 0.15) is 25.9 Å². The number of benzene rings is 2. The number of thiazole rings is 1. The molecule has 0 aliphatic heterocycles. The lowest BCUT2D eigenvalue weighted by molar-refractivity contribution is 0.477. The molecule has 0 spiro atoms. The SMILES string of the molecule is Cc1ccc(-c2nc3c(-c4ccccc4Cl)c4cc(C(C)C)sc4nc3s2)c(O)c1. The molecule has 0 aliphatic rings. The van der Waals surface area contributed by atoms with Gasteiger partial charge in [-0.05, 0) is 42.7 Å². The van der Waals surface area contributed by atoms with E-state index < -0.39 is 0 Å². The summed E-state index contributed by atoms with van der Waals surface area (Å²) < 4.78 is 0. The molecule has 150 valence electrons. The van der Waals surface area contributed by atoms with Gasteiger partial charge >= 0.3 is 0 Å². The van der Waals surface area contributed by atoms with Crippen LogP contribution in [0.15, 0.2) is 48.5 Å². The lowest BCUT2D eigenvalue weighted by atomic mass is 10.0. The van der Waals surface area contributed by atoms with Gasteiger partial charge in [-0.2, -0.15) is 0 Å². The van der Waals surface area contributed by atoms with E-state index in [1.165, 1.54) is 16.2 Å². The monoisotopic (exact) mass is 450 g/mol. The first-order valence-electron chi connectivity index (χ1n) is 9.71. The Kier molecular flexibility index (Phi) is 4.77. The second kappa shape index (κ2) is 7.34. The third kappa shape index (κ3) is 3.18. The Bertz CT molecular complexity index is 1420. The van der Waals surface area contributed by atoms with Crippen molar-refractivity contribution in [3.63, 3.8) is 0 Å². The van der Waals surface area contributed by atoms with Gasteiger partial charge in [-0.15, -0.1) is 11.3 Å². The van der Waals surface area contributed by atoms with Crippen LogP contribution in [0.3, 0.4) is 0 Å². The van der Waals surface area contributed by atoms with Crippen LogP contribution in [0.1, 0.15) is 30.2 Å². The predicted octanol–water partition coefficient (Wildman–Crippen LogP) is 8.03. The summed E-state index contributed by atoms with van der Waals surface area (Å²) in [5, 5.41) is 13.0. The van der Waals surface area contributed by atoms with E-state index in [9.17, 15) is 5.11 Å². The van der Waals surface area contributed by atoms with Gasteiger partial charge in [0.15, 0.2) is 0 Å². The number of hydrogen-bond donors (Lipinski definition) is 1. The van der Waals surface area contributed by atoms with Crippen LogP contribution in [-0.2, 0) is 0 Å². The van der Waals surface area contributed by atoms with E-state index in [1.54, 1.807) is 17.4 Å². The van der Waals surface area contributed by atoms with Crippen LogP contribution >= 0.6 is 34.3 Å². The van der Waals surface area contributed by atoms with Crippen molar-refractivity contribution >= 4 is 54.8 Å². The number of fused-ring (bicyclic) bond motifs is 2. The van der Waals surface area contributed by atoms with Crippen molar-refractivity contribution in [2.75, 3.05) is 0 Å². The molecule has 30 heavy (non-hydrogen) atoms. The number of aryl methyl sites for hydroxylation is 1. The van der Waals surface area contributed by atoms with E-state index in [2.05, 4.69) is 19.9 Å². The molecular weight excluding hydrogens is 432 g/mol. The van der Waals surface area contributed by atoms with Crippen molar-refractivity contribution in [1.82, 2.24) is 9.97 Å². The van der Waals surface area contributed by atoms with Crippen LogP contribution in [0, 0.1) is 6.92 Å². The molecule has 5 aromatic rings. The molecule has 3 nitrogen and oxygen atoms in total. The van der Waals surface area contributed by atoms with Gasteiger partial charge in [-0.3, -0.25) is 0 Å². The normalized spacial score (nSPS) is 11.8. The Labute approximate surface area is 187 Å². The van der Waals surface area contributed by atoms with Crippen molar-refractivity contribution in [3.05, 3.63) is 64.0 Å². The molecule has 0 fully saturated rings. The summed E-state index contributed by atoms with van der Waals surface area (Å²) in [5.74, 6) is 0.659. The minimum absolute atomic E-state index is 0.234. The zero-order valence-electron chi connectivity index (χ0n) is 16.7. The maximum absolute atomic E-state index is 10.5. The first kappa shape index (κ1) is 19.5. The number of halogens is 1. The fourth-order valence-corrected chi connectivity index (χ4v) is 5.91. The summed E-state index contributed by atoms with van der Waals surface area (Å²) in [5.41, 5.74) is 4.52. The largest absolute Gasteiger partial charge is 0.507 e. The summed E-state index contributed by atoms with van der Waals surface area (Å²) in [6.45, 7) is 6.34. The summed E-state index contributed by atoms with van der Waals surface area (Å²) in [7, 11) is 0. The predicted molar refractivity (Wildman–Crippen MR) is 129 cm³/mol. The van der Waals surface area contributed by atoms with Gasteiger partial charge in [0.2, 0.25) is 0 Å². The third-order valence-electron chi connectivity index (χ3n) is 5.15. The summed E-state index contributed by atoms with van der Waals surface area (Å²) >= 11 is 9.83. The highest BCUT2D eigenvalue weighted by Gasteiger charge is 2.21. The Morgan fingerprint density at radius 3 is 2.47 bits per heavy atom. The van der Waals surface area contributed by atoms with Crippen molar-refractivity contribution < 1.29 is 5.11 Å². The highest BCUT2D eigenvalue weighted by atomic mass is 35.5. The Balaban J connectivity index is 1.85. The Hall–Kier alpha value is -2.47. The van der Waals surface area contributed by atoms with Gasteiger partial charge in [0.05, 0.1) is 5.56 Å². The lowest BCUT2D eigenvalue weighted by Gasteiger charge is -2.07. The number of nitrogens with zero attached hydrogens (tertiary/aromatic N) is 2. The number of aromatic hydroxyl groups is 1. The van der Waals surface area contributed by atoms with Gasteiger partial charge in [-0.25, -0.2) is 9.97 Å².